The summed E-state index contributed by atoms with van der Waals surface area (Å²) < 4.78 is 4.87. The summed E-state index contributed by atoms with van der Waals surface area (Å²) in [5, 5.41) is 7.22. The van der Waals surface area contributed by atoms with Gasteiger partial charge in [-0.1, -0.05) is 158 Å². The number of para-hydroxylation sites is 3. The maximum atomic E-state index is 5.37. The summed E-state index contributed by atoms with van der Waals surface area (Å²) in [5.41, 5.74) is 14.0. The Morgan fingerprint density at radius 1 is 0.283 bits per heavy atom. The smallest absolute Gasteiger partial charge is 0.160 e. The number of benzene rings is 9. The second kappa shape index (κ2) is 13.8. The Kier molecular flexibility index (Phi) is 7.82. The van der Waals surface area contributed by atoms with Crippen LogP contribution in [0.2, 0.25) is 0 Å². The topological polar surface area (TPSA) is 35.6 Å². The molecule has 4 nitrogen and oxygen atoms in total. The summed E-state index contributed by atoms with van der Waals surface area (Å²) >= 11 is 0. The molecule has 12 aromatic rings. The van der Waals surface area contributed by atoms with Crippen molar-refractivity contribution in [3.63, 3.8) is 0 Å². The fourth-order valence-corrected chi connectivity index (χ4v) is 9.12. The van der Waals surface area contributed by atoms with E-state index < -0.39 is 0 Å². The van der Waals surface area contributed by atoms with Gasteiger partial charge in [-0.3, -0.25) is 0 Å². The molecular formula is C56H36N4. The van der Waals surface area contributed by atoms with Crippen LogP contribution in [0, 0.1) is 0 Å². The Balaban J connectivity index is 1.13. The van der Waals surface area contributed by atoms with Crippen molar-refractivity contribution in [3.8, 4) is 56.4 Å². The normalized spacial score (nSPS) is 11.7. The van der Waals surface area contributed by atoms with Crippen molar-refractivity contribution < 1.29 is 0 Å². The standard InChI is InChI=1S/C56H36N4/c1-4-17-37(18-5-1)39-22-16-23-41(31-39)56-57-49(38-19-6-2-7-20-38)35-50(58-56)42-32-40-21-10-11-26-44(40)53(33-42)60-52-30-15-13-28-46(52)48-34-47-45-27-12-14-29-51(45)59(54(47)36-55(48)60)43-24-8-3-9-25-43/h1-36H. The fraction of sp³-hybridized carbons (Fsp3) is 0. The predicted molar refractivity (Wildman–Crippen MR) is 250 cm³/mol. The molecule has 3 heterocycles. The highest BCUT2D eigenvalue weighted by atomic mass is 15.0. The van der Waals surface area contributed by atoms with Crippen LogP contribution in [0.1, 0.15) is 0 Å². The minimum Gasteiger partial charge on any atom is -0.309 e. The molecule has 0 saturated carbocycles. The molecule has 0 saturated heterocycles. The van der Waals surface area contributed by atoms with E-state index in [9.17, 15) is 0 Å². The van der Waals surface area contributed by atoms with Crippen LogP contribution in [-0.2, 0) is 0 Å². The minimum atomic E-state index is 0.687. The first kappa shape index (κ1) is 34.0. The van der Waals surface area contributed by atoms with E-state index in [2.05, 4.69) is 215 Å². The number of aromatic nitrogens is 4. The molecule has 0 atom stereocenters. The molecule has 0 aliphatic rings. The highest BCUT2D eigenvalue weighted by Crippen LogP contribution is 2.42. The highest BCUT2D eigenvalue weighted by Gasteiger charge is 2.21. The first-order valence-electron chi connectivity index (χ1n) is 20.4. The van der Waals surface area contributed by atoms with Crippen LogP contribution in [0.15, 0.2) is 218 Å². The Hall–Kier alpha value is -8.08. The van der Waals surface area contributed by atoms with Gasteiger partial charge in [-0.15, -0.1) is 0 Å². The molecule has 0 N–H and O–H groups in total. The van der Waals surface area contributed by atoms with Crippen LogP contribution < -0.4 is 0 Å². The molecule has 4 heteroatoms. The molecule has 12 rings (SSSR count). The van der Waals surface area contributed by atoms with E-state index in [4.69, 9.17) is 9.97 Å². The van der Waals surface area contributed by atoms with Crippen LogP contribution in [0.4, 0.5) is 0 Å². The van der Waals surface area contributed by atoms with E-state index in [0.717, 1.165) is 67.0 Å². The van der Waals surface area contributed by atoms with Gasteiger partial charge in [0.2, 0.25) is 0 Å². The largest absolute Gasteiger partial charge is 0.309 e. The molecule has 280 valence electrons. The molecule has 9 aromatic carbocycles. The zero-order valence-electron chi connectivity index (χ0n) is 32.6. The Bertz CT molecular complexity index is 3580. The summed E-state index contributed by atoms with van der Waals surface area (Å²) in [6.07, 6.45) is 0. The van der Waals surface area contributed by atoms with Gasteiger partial charge in [0.15, 0.2) is 5.82 Å². The molecular weight excluding hydrogens is 729 g/mol. The number of hydrogen-bond acceptors (Lipinski definition) is 2. The average molecular weight is 765 g/mol. The summed E-state index contributed by atoms with van der Waals surface area (Å²) in [6.45, 7) is 0. The van der Waals surface area contributed by atoms with Crippen LogP contribution in [0.5, 0.6) is 0 Å². The second-order valence-corrected chi connectivity index (χ2v) is 15.4. The van der Waals surface area contributed by atoms with Gasteiger partial charge in [-0.05, 0) is 77.2 Å². The average Bonchev–Trinajstić information content (AvgIpc) is 3.83. The van der Waals surface area contributed by atoms with Crippen molar-refractivity contribution in [2.45, 2.75) is 0 Å². The van der Waals surface area contributed by atoms with Gasteiger partial charge in [-0.2, -0.15) is 0 Å². The minimum absolute atomic E-state index is 0.687. The van der Waals surface area contributed by atoms with E-state index in [0.29, 0.717) is 5.82 Å². The fourth-order valence-electron chi connectivity index (χ4n) is 9.12. The van der Waals surface area contributed by atoms with Crippen LogP contribution in [0.25, 0.3) is 111 Å². The summed E-state index contributed by atoms with van der Waals surface area (Å²) in [5.74, 6) is 0.687. The molecule has 60 heavy (non-hydrogen) atoms. The van der Waals surface area contributed by atoms with Gasteiger partial charge in [-0.25, -0.2) is 9.97 Å². The van der Waals surface area contributed by atoms with E-state index >= 15 is 0 Å². The van der Waals surface area contributed by atoms with Crippen LogP contribution in [-0.4, -0.2) is 19.1 Å². The number of nitrogens with zero attached hydrogens (tertiary/aromatic N) is 4. The summed E-state index contributed by atoms with van der Waals surface area (Å²) in [4.78, 5) is 10.6. The molecule has 0 unspecified atom stereocenters. The molecule has 0 aliphatic carbocycles. The van der Waals surface area contributed by atoms with Crippen molar-refractivity contribution in [2.24, 2.45) is 0 Å². The van der Waals surface area contributed by atoms with Gasteiger partial charge in [0, 0.05) is 49.3 Å². The first-order chi connectivity index (χ1) is 29.7. The third kappa shape index (κ3) is 5.53. The predicted octanol–water partition coefficient (Wildman–Crippen LogP) is 14.5. The highest BCUT2D eigenvalue weighted by molar-refractivity contribution is 6.19. The first-order valence-corrected chi connectivity index (χ1v) is 20.4. The van der Waals surface area contributed by atoms with Crippen molar-refractivity contribution in [3.05, 3.63) is 218 Å². The molecule has 0 aliphatic heterocycles. The number of hydrogen-bond donors (Lipinski definition) is 0. The Morgan fingerprint density at radius 2 is 0.817 bits per heavy atom. The Morgan fingerprint density at radius 3 is 1.53 bits per heavy atom. The van der Waals surface area contributed by atoms with Gasteiger partial charge in [0.1, 0.15) is 0 Å². The van der Waals surface area contributed by atoms with Crippen molar-refractivity contribution in [2.75, 3.05) is 0 Å². The zero-order valence-corrected chi connectivity index (χ0v) is 32.6. The molecule has 0 fully saturated rings. The van der Waals surface area contributed by atoms with Gasteiger partial charge in [0.05, 0.1) is 39.1 Å². The lowest BCUT2D eigenvalue weighted by Gasteiger charge is -2.16. The van der Waals surface area contributed by atoms with E-state index in [1.165, 1.54) is 38.0 Å². The van der Waals surface area contributed by atoms with E-state index in [1.807, 2.05) is 12.1 Å². The van der Waals surface area contributed by atoms with Crippen LogP contribution in [0.3, 0.4) is 0 Å². The molecule has 0 radical (unpaired) electrons. The Labute approximate surface area is 346 Å². The zero-order chi connectivity index (χ0) is 39.6. The lowest BCUT2D eigenvalue weighted by atomic mass is 10.00. The third-order valence-electron chi connectivity index (χ3n) is 11.9. The van der Waals surface area contributed by atoms with E-state index in [1.54, 1.807) is 0 Å². The molecule has 0 amide bonds. The molecule has 0 bridgehead atoms. The SMILES string of the molecule is c1ccc(-c2cccc(-c3nc(-c4ccccc4)cc(-c4cc(-n5c6ccccc6c6cc7c8ccccc8n(-c8ccccc8)c7cc65)c5ccccc5c4)n3)c2)cc1. The summed E-state index contributed by atoms with van der Waals surface area (Å²) in [7, 11) is 0. The van der Waals surface area contributed by atoms with Gasteiger partial charge < -0.3 is 9.13 Å². The quantitative estimate of drug-likeness (QED) is 0.169. The van der Waals surface area contributed by atoms with Crippen molar-refractivity contribution in [1.29, 1.82) is 0 Å². The maximum absolute atomic E-state index is 5.37. The lowest BCUT2D eigenvalue weighted by Crippen LogP contribution is -1.99. The lowest BCUT2D eigenvalue weighted by molar-refractivity contribution is 1.17. The maximum Gasteiger partial charge on any atom is 0.160 e. The van der Waals surface area contributed by atoms with E-state index in [-0.39, 0.29) is 0 Å². The number of rotatable bonds is 6. The second-order valence-electron chi connectivity index (χ2n) is 15.4. The molecule has 0 spiro atoms. The van der Waals surface area contributed by atoms with Gasteiger partial charge >= 0.3 is 0 Å². The van der Waals surface area contributed by atoms with Crippen molar-refractivity contribution in [1.82, 2.24) is 19.1 Å². The molecule has 3 aromatic heterocycles. The van der Waals surface area contributed by atoms with Crippen LogP contribution >= 0.6 is 0 Å². The van der Waals surface area contributed by atoms with Crippen molar-refractivity contribution >= 4 is 54.4 Å². The van der Waals surface area contributed by atoms with Gasteiger partial charge in [0.25, 0.3) is 0 Å². The number of fused-ring (bicyclic) bond motifs is 7. The monoisotopic (exact) mass is 764 g/mol. The third-order valence-corrected chi connectivity index (χ3v) is 11.9. The summed E-state index contributed by atoms with van der Waals surface area (Å²) in [6, 6.07) is 78.0.